The van der Waals surface area contributed by atoms with Gasteiger partial charge in [-0.05, 0) is 27.6 Å². The van der Waals surface area contributed by atoms with Crippen LogP contribution in [0.3, 0.4) is 0 Å². The third kappa shape index (κ3) is 4.41. The Morgan fingerprint density at radius 2 is 1.70 bits per heavy atom. The highest BCUT2D eigenvalue weighted by Gasteiger charge is 2.28. The van der Waals surface area contributed by atoms with E-state index in [4.69, 9.17) is 4.74 Å². The van der Waals surface area contributed by atoms with Crippen LogP contribution in [0.1, 0.15) is 16.7 Å². The first kappa shape index (κ1) is 19.8. The maximum atomic E-state index is 12.8. The summed E-state index contributed by atoms with van der Waals surface area (Å²) in [5, 5.41) is 5.41. The molecule has 0 saturated carbocycles. The van der Waals surface area contributed by atoms with Crippen LogP contribution in [0, 0.1) is 0 Å². The van der Waals surface area contributed by atoms with Crippen LogP contribution in [0.2, 0.25) is 0 Å². The summed E-state index contributed by atoms with van der Waals surface area (Å²) in [5.41, 5.74) is 3.64. The number of carbonyl (C=O) groups is 2. The summed E-state index contributed by atoms with van der Waals surface area (Å²) in [4.78, 5) is 29.7. The monoisotopic (exact) mass is 463 g/mol. The van der Waals surface area contributed by atoms with Crippen LogP contribution in [0.4, 0.5) is 10.5 Å². The molecule has 1 atom stereocenters. The molecule has 3 aromatic carbocycles. The Morgan fingerprint density at radius 3 is 2.43 bits per heavy atom. The van der Waals surface area contributed by atoms with Gasteiger partial charge in [0, 0.05) is 15.6 Å². The number of fused-ring (bicyclic) bond motifs is 1. The van der Waals surface area contributed by atoms with E-state index in [1.807, 2.05) is 78.9 Å². The number of halogens is 1. The molecule has 0 bridgehead atoms. The second-order valence-electron chi connectivity index (χ2n) is 6.60. The largest absolute Gasteiger partial charge is 0.445 e. The lowest BCUT2D eigenvalue weighted by atomic mass is 10.0. The molecule has 6 nitrogen and oxygen atoms in total. The first-order valence-corrected chi connectivity index (χ1v) is 10.1. The number of anilines is 1. The number of hydrogen-bond acceptors (Lipinski definition) is 4. The van der Waals surface area contributed by atoms with E-state index in [1.165, 1.54) is 0 Å². The average molecular weight is 464 g/mol. The fraction of sp³-hybridized carbons (Fsp3) is 0.0870. The zero-order valence-corrected chi connectivity index (χ0v) is 17.4. The molecule has 2 amide bonds. The second kappa shape index (κ2) is 8.92. The van der Waals surface area contributed by atoms with Crippen molar-refractivity contribution in [3.05, 3.63) is 100 Å². The minimum absolute atomic E-state index is 0.0992. The number of nitrogens with one attached hydrogen (secondary N) is 2. The van der Waals surface area contributed by atoms with Gasteiger partial charge in [-0.15, -0.1) is 0 Å². The molecule has 2 N–H and O–H groups in total. The maximum absolute atomic E-state index is 12.8. The molecule has 1 heterocycles. The van der Waals surface area contributed by atoms with E-state index in [-0.39, 0.29) is 6.61 Å². The second-order valence-corrected chi connectivity index (χ2v) is 7.46. The number of rotatable bonds is 4. The van der Waals surface area contributed by atoms with E-state index in [0.29, 0.717) is 11.4 Å². The zero-order valence-electron chi connectivity index (χ0n) is 15.8. The van der Waals surface area contributed by atoms with Gasteiger partial charge in [0.25, 0.3) is 5.91 Å². The van der Waals surface area contributed by atoms with Gasteiger partial charge in [-0.1, -0.05) is 72.8 Å². The van der Waals surface area contributed by atoms with Crippen LogP contribution >= 0.6 is 15.9 Å². The Kier molecular flexibility index (Phi) is 5.90. The molecule has 30 heavy (non-hydrogen) atoms. The molecule has 150 valence electrons. The van der Waals surface area contributed by atoms with Crippen molar-refractivity contribution in [2.45, 2.75) is 12.8 Å². The summed E-state index contributed by atoms with van der Waals surface area (Å²) >= 11 is 3.48. The Hall–Kier alpha value is -3.45. The van der Waals surface area contributed by atoms with Gasteiger partial charge >= 0.3 is 6.09 Å². The number of nitrogens with zero attached hydrogens (tertiary/aromatic N) is 1. The molecule has 0 fully saturated rings. The van der Waals surface area contributed by atoms with Gasteiger partial charge in [0.15, 0.2) is 0 Å². The molecule has 1 unspecified atom stereocenters. The van der Waals surface area contributed by atoms with Crippen molar-refractivity contribution >= 4 is 39.3 Å². The van der Waals surface area contributed by atoms with Gasteiger partial charge in [0.05, 0.1) is 11.4 Å². The number of benzene rings is 3. The summed E-state index contributed by atoms with van der Waals surface area (Å²) in [6, 6.07) is 24.4. The number of hydrogen-bond donors (Lipinski definition) is 2. The van der Waals surface area contributed by atoms with E-state index < -0.39 is 18.2 Å². The number of ether oxygens (including phenoxy) is 1. The molecule has 1 aliphatic rings. The minimum Gasteiger partial charge on any atom is -0.445 e. The normalized spacial score (nSPS) is 15.3. The lowest BCUT2D eigenvalue weighted by Crippen LogP contribution is -2.42. The summed E-state index contributed by atoms with van der Waals surface area (Å²) in [7, 11) is 0. The zero-order chi connectivity index (χ0) is 20.9. The highest BCUT2D eigenvalue weighted by Crippen LogP contribution is 2.31. The van der Waals surface area contributed by atoms with E-state index in [9.17, 15) is 9.59 Å². The average Bonchev–Trinajstić information content (AvgIpc) is 2.91. The van der Waals surface area contributed by atoms with E-state index in [1.54, 1.807) is 0 Å². The van der Waals surface area contributed by atoms with Gasteiger partial charge in [-0.2, -0.15) is 0 Å². The van der Waals surface area contributed by atoms with Crippen LogP contribution in [0.5, 0.6) is 0 Å². The van der Waals surface area contributed by atoms with E-state index in [2.05, 4.69) is 31.6 Å². The fourth-order valence-corrected chi connectivity index (χ4v) is 3.56. The Bertz CT molecular complexity index is 1100. The number of aliphatic imine (C=N–C) groups is 1. The molecule has 4 rings (SSSR count). The number of benzodiazepines with no additional fused rings is 1. The van der Waals surface area contributed by atoms with Gasteiger partial charge in [-0.3, -0.25) is 10.1 Å². The van der Waals surface area contributed by atoms with Crippen molar-refractivity contribution in [3.8, 4) is 0 Å². The topological polar surface area (TPSA) is 79.8 Å². The third-order valence-corrected chi connectivity index (χ3v) is 5.20. The molecule has 3 aromatic rings. The molecule has 7 heteroatoms. The molecular weight excluding hydrogens is 446 g/mol. The van der Waals surface area contributed by atoms with Crippen molar-refractivity contribution in [2.24, 2.45) is 4.99 Å². The molecule has 0 aliphatic carbocycles. The molecule has 0 saturated heterocycles. The standard InChI is InChI=1S/C23H18BrN3O3/c24-18-13-7-12-17-19(16-10-5-2-6-11-16)25-21(22(28)26-20(17)18)27-23(29)30-14-15-8-3-1-4-9-15/h1-13,21H,14H2,(H,26,28)(H,27,29). The van der Waals surface area contributed by atoms with Crippen molar-refractivity contribution in [1.29, 1.82) is 0 Å². The van der Waals surface area contributed by atoms with Crippen LogP contribution in [0.25, 0.3) is 0 Å². The van der Waals surface area contributed by atoms with E-state index in [0.717, 1.165) is 21.2 Å². The summed E-state index contributed by atoms with van der Waals surface area (Å²) in [6.07, 6.45) is -1.86. The lowest BCUT2D eigenvalue weighted by Gasteiger charge is -2.13. The molecule has 0 radical (unpaired) electrons. The number of para-hydroxylation sites is 1. The SMILES string of the molecule is O=C(NC1N=C(c2ccccc2)c2cccc(Br)c2NC1=O)OCc1ccccc1. The van der Waals surface area contributed by atoms with Crippen LogP contribution in [-0.2, 0) is 16.1 Å². The molecule has 1 aliphatic heterocycles. The maximum Gasteiger partial charge on any atom is 0.409 e. The van der Waals surface area contributed by atoms with Crippen LogP contribution < -0.4 is 10.6 Å². The van der Waals surface area contributed by atoms with Crippen molar-refractivity contribution in [3.63, 3.8) is 0 Å². The molecular formula is C23H18BrN3O3. The first-order valence-electron chi connectivity index (χ1n) is 9.32. The van der Waals surface area contributed by atoms with Gasteiger partial charge < -0.3 is 10.1 Å². The highest BCUT2D eigenvalue weighted by molar-refractivity contribution is 9.10. The predicted molar refractivity (Wildman–Crippen MR) is 118 cm³/mol. The van der Waals surface area contributed by atoms with E-state index >= 15 is 0 Å². The molecule has 0 aromatic heterocycles. The van der Waals surface area contributed by atoms with Crippen LogP contribution in [0.15, 0.2) is 88.3 Å². The number of alkyl carbamates (subject to hydrolysis) is 1. The highest BCUT2D eigenvalue weighted by atomic mass is 79.9. The summed E-state index contributed by atoms with van der Waals surface area (Å²) in [5.74, 6) is -0.453. The van der Waals surface area contributed by atoms with Crippen LogP contribution in [-0.4, -0.2) is 23.9 Å². The summed E-state index contributed by atoms with van der Waals surface area (Å²) in [6.45, 7) is 0.0992. The smallest absolute Gasteiger partial charge is 0.409 e. The quantitative estimate of drug-likeness (QED) is 0.597. The minimum atomic E-state index is -1.14. The Balaban J connectivity index is 1.61. The van der Waals surface area contributed by atoms with Crippen molar-refractivity contribution < 1.29 is 14.3 Å². The number of carbonyl (C=O) groups excluding carboxylic acids is 2. The van der Waals surface area contributed by atoms with Crippen molar-refractivity contribution in [2.75, 3.05) is 5.32 Å². The van der Waals surface area contributed by atoms with Gasteiger partial charge in [-0.25, -0.2) is 9.79 Å². The summed E-state index contributed by atoms with van der Waals surface area (Å²) < 4.78 is 5.98. The fourth-order valence-electron chi connectivity index (χ4n) is 3.10. The Morgan fingerprint density at radius 1 is 1.00 bits per heavy atom. The lowest BCUT2D eigenvalue weighted by molar-refractivity contribution is -0.117. The third-order valence-electron chi connectivity index (χ3n) is 4.54. The first-order chi connectivity index (χ1) is 14.6. The molecule has 0 spiro atoms. The predicted octanol–water partition coefficient (Wildman–Crippen LogP) is 4.49. The van der Waals surface area contributed by atoms with Gasteiger partial charge in [0.2, 0.25) is 6.17 Å². The van der Waals surface area contributed by atoms with Crippen molar-refractivity contribution in [1.82, 2.24) is 5.32 Å². The number of amides is 2. The van der Waals surface area contributed by atoms with Gasteiger partial charge in [0.1, 0.15) is 6.61 Å². The Labute approximate surface area is 182 Å².